The number of hydrogen-bond acceptors (Lipinski definition) is 2. The van der Waals surface area contributed by atoms with Crippen LogP contribution in [0, 0.1) is 6.92 Å². The summed E-state index contributed by atoms with van der Waals surface area (Å²) in [4.78, 5) is 4.64. The predicted molar refractivity (Wildman–Crippen MR) is 71.1 cm³/mol. The van der Waals surface area contributed by atoms with Gasteiger partial charge in [-0.2, -0.15) is 0 Å². The first-order valence-corrected chi connectivity index (χ1v) is 5.99. The normalized spacial score (nSPS) is 10.8. The van der Waals surface area contributed by atoms with Gasteiger partial charge in [0.25, 0.3) is 0 Å². The van der Waals surface area contributed by atoms with Crippen molar-refractivity contribution in [3.63, 3.8) is 0 Å². The van der Waals surface area contributed by atoms with Gasteiger partial charge in [-0.3, -0.25) is 0 Å². The van der Waals surface area contributed by atoms with E-state index >= 15 is 0 Å². The van der Waals surface area contributed by atoms with Crippen molar-refractivity contribution in [2.45, 2.75) is 13.3 Å². The number of benzene rings is 1. The predicted octanol–water partition coefficient (Wildman–Crippen LogP) is 2.55. The molecule has 0 atom stereocenters. The van der Waals surface area contributed by atoms with E-state index in [1.54, 1.807) is 0 Å². The third kappa shape index (κ3) is 2.35. The monoisotopic (exact) mass is 249 g/mol. The average molecular weight is 250 g/mol. The van der Waals surface area contributed by atoms with Crippen LogP contribution in [0.1, 0.15) is 11.5 Å². The van der Waals surface area contributed by atoms with Gasteiger partial charge >= 0.3 is 0 Å². The van der Waals surface area contributed by atoms with Crippen molar-refractivity contribution in [3.8, 4) is 11.3 Å². The van der Waals surface area contributed by atoms with Crippen LogP contribution in [0.4, 0.5) is 0 Å². The first-order chi connectivity index (χ1) is 8.13. The maximum absolute atomic E-state index is 5.88. The molecule has 0 saturated heterocycles. The molecule has 90 valence electrons. The highest BCUT2D eigenvalue weighted by Crippen LogP contribution is 2.24. The molecular weight excluding hydrogens is 234 g/mol. The molecule has 2 rings (SSSR count). The van der Waals surface area contributed by atoms with Crippen LogP contribution in [-0.4, -0.2) is 16.1 Å². The summed E-state index contributed by atoms with van der Waals surface area (Å²) in [6.45, 7) is 2.68. The Bertz CT molecular complexity index is 514. The van der Waals surface area contributed by atoms with E-state index in [1.165, 1.54) is 0 Å². The zero-order chi connectivity index (χ0) is 12.4. The van der Waals surface area contributed by atoms with Crippen molar-refractivity contribution >= 4 is 11.6 Å². The Kier molecular flexibility index (Phi) is 3.50. The van der Waals surface area contributed by atoms with Crippen molar-refractivity contribution in [1.29, 1.82) is 0 Å². The summed E-state index contributed by atoms with van der Waals surface area (Å²) < 4.78 is 2.09. The van der Waals surface area contributed by atoms with Gasteiger partial charge in [-0.15, -0.1) is 0 Å². The minimum atomic E-state index is 0.615. The van der Waals surface area contributed by atoms with Gasteiger partial charge in [-0.05, 0) is 25.6 Å². The molecule has 0 aliphatic rings. The van der Waals surface area contributed by atoms with Crippen LogP contribution >= 0.6 is 11.6 Å². The van der Waals surface area contributed by atoms with Crippen molar-refractivity contribution in [2.75, 3.05) is 6.54 Å². The molecule has 0 saturated carbocycles. The molecule has 0 bridgehead atoms. The van der Waals surface area contributed by atoms with Crippen molar-refractivity contribution in [3.05, 3.63) is 40.8 Å². The lowest BCUT2D eigenvalue weighted by Gasteiger charge is -2.01. The number of imidazole rings is 1. The van der Waals surface area contributed by atoms with E-state index in [1.807, 2.05) is 31.3 Å². The lowest BCUT2D eigenvalue weighted by atomic mass is 10.1. The molecule has 4 heteroatoms. The Morgan fingerprint density at radius 3 is 2.53 bits per heavy atom. The maximum atomic E-state index is 5.88. The molecule has 3 nitrogen and oxygen atoms in total. The number of halogens is 1. The van der Waals surface area contributed by atoms with Crippen molar-refractivity contribution in [1.82, 2.24) is 9.55 Å². The lowest BCUT2D eigenvalue weighted by Crippen LogP contribution is -2.08. The van der Waals surface area contributed by atoms with E-state index in [0.717, 1.165) is 34.2 Å². The Morgan fingerprint density at radius 2 is 1.94 bits per heavy atom. The van der Waals surface area contributed by atoms with Gasteiger partial charge in [0, 0.05) is 29.7 Å². The number of rotatable bonds is 3. The molecule has 0 unspecified atom stereocenters. The summed E-state index contributed by atoms with van der Waals surface area (Å²) >= 11 is 5.88. The van der Waals surface area contributed by atoms with Crippen LogP contribution in [-0.2, 0) is 13.5 Å². The molecule has 0 amide bonds. The van der Waals surface area contributed by atoms with Gasteiger partial charge in [0.15, 0.2) is 0 Å². The fourth-order valence-electron chi connectivity index (χ4n) is 1.87. The fourth-order valence-corrected chi connectivity index (χ4v) is 2.00. The van der Waals surface area contributed by atoms with Crippen molar-refractivity contribution in [2.24, 2.45) is 12.8 Å². The van der Waals surface area contributed by atoms with E-state index < -0.39 is 0 Å². The Hall–Kier alpha value is -1.32. The Balaban J connectivity index is 2.45. The van der Waals surface area contributed by atoms with Crippen LogP contribution in [0.3, 0.4) is 0 Å². The number of hydrogen-bond donors (Lipinski definition) is 1. The summed E-state index contributed by atoms with van der Waals surface area (Å²) in [5.74, 6) is 1.02. The van der Waals surface area contributed by atoms with Gasteiger partial charge in [0.1, 0.15) is 5.82 Å². The smallest absolute Gasteiger partial charge is 0.110 e. The van der Waals surface area contributed by atoms with Crippen LogP contribution in [0.5, 0.6) is 0 Å². The maximum Gasteiger partial charge on any atom is 0.110 e. The quantitative estimate of drug-likeness (QED) is 0.909. The van der Waals surface area contributed by atoms with Gasteiger partial charge in [-0.1, -0.05) is 23.7 Å². The first-order valence-electron chi connectivity index (χ1n) is 5.61. The highest BCUT2D eigenvalue weighted by Gasteiger charge is 2.11. The van der Waals surface area contributed by atoms with Crippen LogP contribution < -0.4 is 5.73 Å². The average Bonchev–Trinajstić information content (AvgIpc) is 2.59. The minimum absolute atomic E-state index is 0.615. The van der Waals surface area contributed by atoms with Crippen molar-refractivity contribution < 1.29 is 0 Å². The third-order valence-corrected chi connectivity index (χ3v) is 3.21. The second-order valence-corrected chi connectivity index (χ2v) is 4.50. The molecule has 1 aromatic heterocycles. The standard InChI is InChI=1S/C13H16ClN3/c1-9-13(10-3-5-11(14)6-4-10)16-12(7-8-15)17(9)2/h3-6H,7-8,15H2,1-2H3. The minimum Gasteiger partial charge on any atom is -0.335 e. The highest BCUT2D eigenvalue weighted by atomic mass is 35.5. The molecule has 2 N–H and O–H groups in total. The Morgan fingerprint density at radius 1 is 1.29 bits per heavy atom. The van der Waals surface area contributed by atoms with Gasteiger partial charge < -0.3 is 10.3 Å². The zero-order valence-electron chi connectivity index (χ0n) is 10.1. The summed E-state index contributed by atoms with van der Waals surface area (Å²) in [5, 5.41) is 0.740. The fraction of sp³-hybridized carbons (Fsp3) is 0.308. The summed E-state index contributed by atoms with van der Waals surface area (Å²) in [6, 6.07) is 7.75. The van der Waals surface area contributed by atoms with E-state index in [2.05, 4.69) is 16.5 Å². The van der Waals surface area contributed by atoms with Gasteiger partial charge in [0.2, 0.25) is 0 Å². The molecule has 0 aliphatic heterocycles. The lowest BCUT2D eigenvalue weighted by molar-refractivity contribution is 0.761. The third-order valence-electron chi connectivity index (χ3n) is 2.96. The second-order valence-electron chi connectivity index (χ2n) is 4.07. The number of nitrogens with two attached hydrogens (primary N) is 1. The molecule has 2 aromatic rings. The molecule has 1 aromatic carbocycles. The molecule has 17 heavy (non-hydrogen) atoms. The largest absolute Gasteiger partial charge is 0.335 e. The van der Waals surface area contributed by atoms with Crippen LogP contribution in [0.2, 0.25) is 5.02 Å². The van der Waals surface area contributed by atoms with Crippen LogP contribution in [0.15, 0.2) is 24.3 Å². The van der Waals surface area contributed by atoms with E-state index in [-0.39, 0.29) is 0 Å². The van der Waals surface area contributed by atoms with Gasteiger partial charge in [-0.25, -0.2) is 4.98 Å². The first kappa shape index (κ1) is 12.1. The number of nitrogens with zero attached hydrogens (tertiary/aromatic N) is 2. The topological polar surface area (TPSA) is 43.8 Å². The molecular formula is C13H16ClN3. The number of aromatic nitrogens is 2. The van der Waals surface area contributed by atoms with E-state index in [4.69, 9.17) is 17.3 Å². The molecule has 0 aliphatic carbocycles. The summed E-state index contributed by atoms with van der Waals surface area (Å²) in [5.41, 5.74) is 8.82. The van der Waals surface area contributed by atoms with E-state index in [9.17, 15) is 0 Å². The van der Waals surface area contributed by atoms with E-state index in [0.29, 0.717) is 6.54 Å². The Labute approximate surface area is 106 Å². The molecule has 0 radical (unpaired) electrons. The second kappa shape index (κ2) is 4.90. The zero-order valence-corrected chi connectivity index (χ0v) is 10.8. The summed E-state index contributed by atoms with van der Waals surface area (Å²) in [6.07, 6.45) is 0.797. The summed E-state index contributed by atoms with van der Waals surface area (Å²) in [7, 11) is 2.02. The van der Waals surface area contributed by atoms with Crippen LogP contribution in [0.25, 0.3) is 11.3 Å². The SMILES string of the molecule is Cc1c(-c2ccc(Cl)cc2)nc(CCN)n1C. The van der Waals surface area contributed by atoms with Gasteiger partial charge in [0.05, 0.1) is 5.69 Å². The molecule has 0 spiro atoms. The highest BCUT2D eigenvalue weighted by molar-refractivity contribution is 6.30. The molecule has 1 heterocycles. The molecule has 0 fully saturated rings.